The van der Waals surface area contributed by atoms with E-state index in [9.17, 15) is 0 Å². The molecule has 126 valence electrons. The van der Waals surface area contributed by atoms with E-state index in [1.807, 2.05) is 0 Å². The molecule has 24 heavy (non-hydrogen) atoms. The van der Waals surface area contributed by atoms with Gasteiger partial charge in [0.1, 0.15) is 11.3 Å². The van der Waals surface area contributed by atoms with Crippen LogP contribution in [0, 0.1) is 19.3 Å². The lowest BCUT2D eigenvalue weighted by molar-refractivity contribution is 0.369. The summed E-state index contributed by atoms with van der Waals surface area (Å²) in [6.45, 7) is 12.7. The first-order valence-corrected chi connectivity index (χ1v) is 8.63. The number of hydrogen-bond donors (Lipinski definition) is 1. The maximum Gasteiger partial charge on any atom is 0.135 e. The van der Waals surface area contributed by atoms with Gasteiger partial charge in [-0.3, -0.25) is 0 Å². The summed E-state index contributed by atoms with van der Waals surface area (Å²) >= 11 is 0. The van der Waals surface area contributed by atoms with Gasteiger partial charge in [-0.05, 0) is 37.0 Å². The van der Waals surface area contributed by atoms with Crippen LogP contribution < -0.4 is 5.32 Å². The van der Waals surface area contributed by atoms with Crippen LogP contribution in [0.25, 0.3) is 22.1 Å². The summed E-state index contributed by atoms with van der Waals surface area (Å²) in [5.41, 5.74) is 6.18. The molecule has 0 fully saturated rings. The molecule has 0 unspecified atom stereocenters. The third-order valence-electron chi connectivity index (χ3n) is 4.20. The van der Waals surface area contributed by atoms with Crippen molar-refractivity contribution >= 4 is 11.0 Å². The molecule has 1 aromatic heterocycles. The Morgan fingerprint density at radius 2 is 1.58 bits per heavy atom. The van der Waals surface area contributed by atoms with Gasteiger partial charge in [0.15, 0.2) is 0 Å². The highest BCUT2D eigenvalue weighted by atomic mass is 16.3. The lowest BCUT2D eigenvalue weighted by atomic mass is 9.96. The fourth-order valence-corrected chi connectivity index (χ4v) is 2.97. The van der Waals surface area contributed by atoms with Gasteiger partial charge in [0, 0.05) is 17.5 Å². The molecule has 3 aromatic rings. The third kappa shape index (κ3) is 3.70. The Kier molecular flexibility index (Phi) is 4.51. The van der Waals surface area contributed by atoms with E-state index < -0.39 is 0 Å². The zero-order valence-corrected chi connectivity index (χ0v) is 15.4. The van der Waals surface area contributed by atoms with E-state index in [-0.39, 0.29) is 5.41 Å². The van der Waals surface area contributed by atoms with Gasteiger partial charge in [-0.1, -0.05) is 62.2 Å². The topological polar surface area (TPSA) is 25.2 Å². The van der Waals surface area contributed by atoms with Crippen molar-refractivity contribution in [1.82, 2.24) is 5.32 Å². The highest BCUT2D eigenvalue weighted by Crippen LogP contribution is 2.35. The minimum Gasteiger partial charge on any atom is -0.459 e. The Hall–Kier alpha value is -2.06. The van der Waals surface area contributed by atoms with Crippen molar-refractivity contribution in [3.8, 4) is 11.1 Å². The number of benzene rings is 2. The molecular weight excluding hydrogens is 294 g/mol. The van der Waals surface area contributed by atoms with Gasteiger partial charge in [0.2, 0.25) is 0 Å². The van der Waals surface area contributed by atoms with Gasteiger partial charge in [-0.2, -0.15) is 0 Å². The predicted molar refractivity (Wildman–Crippen MR) is 102 cm³/mol. The average molecular weight is 321 g/mol. The smallest absolute Gasteiger partial charge is 0.135 e. The second-order valence-corrected chi connectivity index (χ2v) is 7.93. The summed E-state index contributed by atoms with van der Waals surface area (Å²) in [4.78, 5) is 0. The van der Waals surface area contributed by atoms with Crippen LogP contribution in [0.3, 0.4) is 0 Å². The van der Waals surface area contributed by atoms with E-state index in [1.165, 1.54) is 27.6 Å². The Bertz CT molecular complexity index is 835. The van der Waals surface area contributed by atoms with Crippen molar-refractivity contribution in [2.24, 2.45) is 5.41 Å². The van der Waals surface area contributed by atoms with E-state index in [2.05, 4.69) is 82.4 Å². The maximum atomic E-state index is 6.19. The normalized spacial score (nSPS) is 12.0. The molecule has 0 aliphatic heterocycles. The van der Waals surface area contributed by atoms with Crippen molar-refractivity contribution in [2.45, 2.75) is 41.2 Å². The van der Waals surface area contributed by atoms with E-state index in [0.717, 1.165) is 24.4 Å². The number of fused-ring (bicyclic) bond motifs is 1. The Morgan fingerprint density at radius 1 is 0.917 bits per heavy atom. The molecule has 0 aliphatic carbocycles. The second-order valence-electron chi connectivity index (χ2n) is 7.93. The summed E-state index contributed by atoms with van der Waals surface area (Å²) in [7, 11) is 0. The Morgan fingerprint density at radius 3 is 2.25 bits per heavy atom. The summed E-state index contributed by atoms with van der Waals surface area (Å²) < 4.78 is 6.19. The molecule has 3 rings (SSSR count). The first-order valence-electron chi connectivity index (χ1n) is 8.63. The van der Waals surface area contributed by atoms with Gasteiger partial charge in [-0.15, -0.1) is 0 Å². The molecule has 1 heterocycles. The standard InChI is InChI=1S/C22H27NO/c1-15-6-9-17(10-7-15)21-18-12-16(2)8-11-19(18)24-20(21)13-23-14-22(3,4)5/h6-12,23H,13-14H2,1-5H3. The molecule has 1 N–H and O–H groups in total. The zero-order valence-electron chi connectivity index (χ0n) is 15.4. The molecule has 0 spiro atoms. The van der Waals surface area contributed by atoms with E-state index >= 15 is 0 Å². The highest BCUT2D eigenvalue weighted by molar-refractivity contribution is 5.96. The number of rotatable bonds is 4. The lowest BCUT2D eigenvalue weighted by Gasteiger charge is -2.18. The van der Waals surface area contributed by atoms with Crippen LogP contribution in [0.2, 0.25) is 0 Å². The van der Waals surface area contributed by atoms with Crippen molar-refractivity contribution in [2.75, 3.05) is 6.54 Å². The monoisotopic (exact) mass is 321 g/mol. The molecule has 2 aromatic carbocycles. The summed E-state index contributed by atoms with van der Waals surface area (Å²) in [5, 5.41) is 4.75. The molecule has 2 nitrogen and oxygen atoms in total. The SMILES string of the molecule is Cc1ccc(-c2c(CNCC(C)(C)C)oc3ccc(C)cc23)cc1. The van der Waals surface area contributed by atoms with Gasteiger partial charge >= 0.3 is 0 Å². The molecule has 0 radical (unpaired) electrons. The third-order valence-corrected chi connectivity index (χ3v) is 4.20. The lowest BCUT2D eigenvalue weighted by Crippen LogP contribution is -2.26. The van der Waals surface area contributed by atoms with Crippen LogP contribution in [-0.4, -0.2) is 6.54 Å². The zero-order chi connectivity index (χ0) is 17.3. The van der Waals surface area contributed by atoms with Gasteiger partial charge < -0.3 is 9.73 Å². The summed E-state index contributed by atoms with van der Waals surface area (Å²) in [6.07, 6.45) is 0. The highest BCUT2D eigenvalue weighted by Gasteiger charge is 2.17. The molecule has 0 bridgehead atoms. The molecule has 2 heteroatoms. The molecule has 0 atom stereocenters. The van der Waals surface area contributed by atoms with Crippen molar-refractivity contribution < 1.29 is 4.42 Å². The summed E-state index contributed by atoms with van der Waals surface area (Å²) in [5.74, 6) is 1.02. The van der Waals surface area contributed by atoms with Crippen molar-refractivity contribution in [1.29, 1.82) is 0 Å². The van der Waals surface area contributed by atoms with Crippen LogP contribution in [0.4, 0.5) is 0 Å². The van der Waals surface area contributed by atoms with Gasteiger partial charge in [0.05, 0.1) is 6.54 Å². The maximum absolute atomic E-state index is 6.19. The van der Waals surface area contributed by atoms with Crippen LogP contribution in [0.5, 0.6) is 0 Å². The number of aryl methyl sites for hydroxylation is 2. The number of hydrogen-bond acceptors (Lipinski definition) is 2. The summed E-state index contributed by atoms with van der Waals surface area (Å²) in [6, 6.07) is 15.1. The number of furan rings is 1. The fourth-order valence-electron chi connectivity index (χ4n) is 2.97. The Balaban J connectivity index is 2.04. The second kappa shape index (κ2) is 6.45. The minimum absolute atomic E-state index is 0.257. The van der Waals surface area contributed by atoms with E-state index in [1.54, 1.807) is 0 Å². The number of nitrogens with one attached hydrogen (secondary N) is 1. The van der Waals surface area contributed by atoms with Crippen LogP contribution in [0.1, 0.15) is 37.7 Å². The van der Waals surface area contributed by atoms with Crippen LogP contribution in [0.15, 0.2) is 46.9 Å². The first kappa shape index (κ1) is 16.8. The fraction of sp³-hybridized carbons (Fsp3) is 0.364. The minimum atomic E-state index is 0.257. The first-order chi connectivity index (χ1) is 11.3. The van der Waals surface area contributed by atoms with E-state index in [0.29, 0.717) is 0 Å². The van der Waals surface area contributed by atoms with E-state index in [4.69, 9.17) is 4.42 Å². The van der Waals surface area contributed by atoms with Gasteiger partial charge in [0.25, 0.3) is 0 Å². The molecule has 0 aliphatic rings. The molecule has 0 saturated carbocycles. The molecular formula is C22H27NO. The van der Waals surface area contributed by atoms with Crippen molar-refractivity contribution in [3.63, 3.8) is 0 Å². The average Bonchev–Trinajstić information content (AvgIpc) is 2.84. The largest absolute Gasteiger partial charge is 0.459 e. The van der Waals surface area contributed by atoms with Gasteiger partial charge in [-0.25, -0.2) is 0 Å². The van der Waals surface area contributed by atoms with Crippen LogP contribution >= 0.6 is 0 Å². The Labute approximate surface area is 144 Å². The molecule has 0 saturated heterocycles. The quantitative estimate of drug-likeness (QED) is 0.652. The van der Waals surface area contributed by atoms with Crippen LogP contribution in [-0.2, 0) is 6.54 Å². The molecule has 0 amide bonds. The predicted octanol–water partition coefficient (Wildman–Crippen LogP) is 5.85. The van der Waals surface area contributed by atoms with Crippen molar-refractivity contribution in [3.05, 3.63) is 59.4 Å².